The Balaban J connectivity index is 3.31. The lowest BCUT2D eigenvalue weighted by atomic mass is 10.2. The standard InChI is InChI=1S/C9H19N3O2/c1-7(2)5-12-9(14)3-4-11-6-8(10)13/h7,11H,3-6H2,1-2H3,(H2,10,13)(H,12,14). The number of nitrogens with one attached hydrogen (secondary N) is 2. The fourth-order valence-electron chi connectivity index (χ4n) is 0.820. The second-order valence-electron chi connectivity index (χ2n) is 3.59. The van der Waals surface area contributed by atoms with E-state index in [0.717, 1.165) is 0 Å². The molecule has 2 amide bonds. The highest BCUT2D eigenvalue weighted by Gasteiger charge is 2.01. The molecule has 0 atom stereocenters. The van der Waals surface area contributed by atoms with Crippen LogP contribution < -0.4 is 16.4 Å². The molecule has 0 unspecified atom stereocenters. The summed E-state index contributed by atoms with van der Waals surface area (Å²) in [5, 5.41) is 5.54. The Morgan fingerprint density at radius 2 is 2.00 bits per heavy atom. The molecular formula is C9H19N3O2. The summed E-state index contributed by atoms with van der Waals surface area (Å²) in [6.07, 6.45) is 0.375. The Bertz CT molecular complexity index is 192. The number of hydrogen-bond acceptors (Lipinski definition) is 3. The smallest absolute Gasteiger partial charge is 0.231 e. The molecule has 0 saturated carbocycles. The number of hydrogen-bond donors (Lipinski definition) is 3. The molecule has 0 aromatic rings. The molecule has 4 N–H and O–H groups in total. The van der Waals surface area contributed by atoms with E-state index >= 15 is 0 Å². The van der Waals surface area contributed by atoms with Gasteiger partial charge in [-0.25, -0.2) is 0 Å². The maximum atomic E-state index is 11.1. The van der Waals surface area contributed by atoms with Crippen LogP contribution in [0.4, 0.5) is 0 Å². The highest BCUT2D eigenvalue weighted by atomic mass is 16.2. The van der Waals surface area contributed by atoms with E-state index in [1.165, 1.54) is 0 Å². The average Bonchev–Trinajstić information content (AvgIpc) is 2.08. The molecular weight excluding hydrogens is 182 g/mol. The normalized spacial score (nSPS) is 10.2. The van der Waals surface area contributed by atoms with Crippen LogP contribution in [0, 0.1) is 5.92 Å². The topological polar surface area (TPSA) is 84.2 Å². The lowest BCUT2D eigenvalue weighted by Gasteiger charge is -2.07. The van der Waals surface area contributed by atoms with Crippen molar-refractivity contribution >= 4 is 11.8 Å². The summed E-state index contributed by atoms with van der Waals surface area (Å²) in [7, 11) is 0. The van der Waals surface area contributed by atoms with E-state index < -0.39 is 5.91 Å². The van der Waals surface area contributed by atoms with Crippen LogP contribution in [0.2, 0.25) is 0 Å². The van der Waals surface area contributed by atoms with Gasteiger partial charge in [0, 0.05) is 19.5 Å². The molecule has 0 rings (SSSR count). The molecule has 0 saturated heterocycles. The van der Waals surface area contributed by atoms with Crippen molar-refractivity contribution in [3.8, 4) is 0 Å². The third-order valence-corrected chi connectivity index (χ3v) is 1.54. The lowest BCUT2D eigenvalue weighted by molar-refractivity contribution is -0.121. The van der Waals surface area contributed by atoms with E-state index in [4.69, 9.17) is 5.73 Å². The molecule has 0 bridgehead atoms. The minimum absolute atomic E-state index is 0.00401. The van der Waals surface area contributed by atoms with Crippen LogP contribution in [-0.2, 0) is 9.59 Å². The van der Waals surface area contributed by atoms with Gasteiger partial charge in [-0.1, -0.05) is 13.8 Å². The Hall–Kier alpha value is -1.10. The Morgan fingerprint density at radius 1 is 1.36 bits per heavy atom. The third kappa shape index (κ3) is 8.99. The number of carbonyl (C=O) groups is 2. The summed E-state index contributed by atoms with van der Waals surface area (Å²) in [6.45, 7) is 5.36. The van der Waals surface area contributed by atoms with E-state index in [1.54, 1.807) is 0 Å². The van der Waals surface area contributed by atoms with E-state index in [9.17, 15) is 9.59 Å². The minimum Gasteiger partial charge on any atom is -0.369 e. The summed E-state index contributed by atoms with van der Waals surface area (Å²) in [6, 6.07) is 0. The lowest BCUT2D eigenvalue weighted by Crippen LogP contribution is -2.33. The van der Waals surface area contributed by atoms with Crippen molar-refractivity contribution < 1.29 is 9.59 Å². The van der Waals surface area contributed by atoms with Gasteiger partial charge in [-0.05, 0) is 5.92 Å². The summed E-state index contributed by atoms with van der Waals surface area (Å²) < 4.78 is 0. The van der Waals surface area contributed by atoms with Gasteiger partial charge in [-0.3, -0.25) is 9.59 Å². The number of rotatable bonds is 7. The van der Waals surface area contributed by atoms with Crippen molar-refractivity contribution in [1.82, 2.24) is 10.6 Å². The van der Waals surface area contributed by atoms with Crippen molar-refractivity contribution in [1.29, 1.82) is 0 Å². The average molecular weight is 201 g/mol. The van der Waals surface area contributed by atoms with Gasteiger partial charge in [0.25, 0.3) is 0 Å². The van der Waals surface area contributed by atoms with Crippen LogP contribution >= 0.6 is 0 Å². The molecule has 0 heterocycles. The van der Waals surface area contributed by atoms with Gasteiger partial charge in [0.1, 0.15) is 0 Å². The molecule has 0 spiro atoms. The van der Waals surface area contributed by atoms with Gasteiger partial charge < -0.3 is 16.4 Å². The van der Waals surface area contributed by atoms with Crippen LogP contribution in [0.15, 0.2) is 0 Å². The Kier molecular flexibility index (Phi) is 6.74. The van der Waals surface area contributed by atoms with Crippen molar-refractivity contribution in [2.24, 2.45) is 11.7 Å². The number of primary amides is 1. The van der Waals surface area contributed by atoms with Crippen molar-refractivity contribution in [2.75, 3.05) is 19.6 Å². The van der Waals surface area contributed by atoms with Crippen LogP contribution in [-0.4, -0.2) is 31.4 Å². The van der Waals surface area contributed by atoms with Gasteiger partial charge >= 0.3 is 0 Å². The summed E-state index contributed by atoms with van der Waals surface area (Å²) in [4.78, 5) is 21.4. The largest absolute Gasteiger partial charge is 0.369 e. The molecule has 82 valence electrons. The zero-order valence-electron chi connectivity index (χ0n) is 8.80. The van der Waals surface area contributed by atoms with E-state index in [1.807, 2.05) is 13.8 Å². The first kappa shape index (κ1) is 12.9. The first-order valence-electron chi connectivity index (χ1n) is 4.78. The molecule has 0 radical (unpaired) electrons. The van der Waals surface area contributed by atoms with E-state index in [-0.39, 0.29) is 12.5 Å². The molecule has 0 fully saturated rings. The molecule has 0 aromatic carbocycles. The highest BCUT2D eigenvalue weighted by Crippen LogP contribution is 1.87. The Morgan fingerprint density at radius 3 is 2.50 bits per heavy atom. The first-order valence-corrected chi connectivity index (χ1v) is 4.78. The molecule has 0 aliphatic carbocycles. The van der Waals surface area contributed by atoms with Gasteiger partial charge in [0.05, 0.1) is 6.54 Å². The first-order chi connectivity index (χ1) is 6.52. The van der Waals surface area contributed by atoms with Gasteiger partial charge in [0.2, 0.25) is 11.8 Å². The van der Waals surface area contributed by atoms with Crippen molar-refractivity contribution in [3.63, 3.8) is 0 Å². The SMILES string of the molecule is CC(C)CNC(=O)CCNCC(N)=O. The fourth-order valence-corrected chi connectivity index (χ4v) is 0.820. The number of nitrogens with two attached hydrogens (primary N) is 1. The van der Waals surface area contributed by atoms with Crippen LogP contribution in [0.25, 0.3) is 0 Å². The summed E-state index contributed by atoms with van der Waals surface area (Å²) in [5.41, 5.74) is 4.91. The zero-order valence-corrected chi connectivity index (χ0v) is 8.80. The van der Waals surface area contributed by atoms with Gasteiger partial charge in [-0.15, -0.1) is 0 Å². The quantitative estimate of drug-likeness (QED) is 0.473. The van der Waals surface area contributed by atoms with Gasteiger partial charge in [0.15, 0.2) is 0 Å². The maximum Gasteiger partial charge on any atom is 0.231 e. The van der Waals surface area contributed by atoms with Crippen LogP contribution in [0.3, 0.4) is 0 Å². The second-order valence-corrected chi connectivity index (χ2v) is 3.59. The molecule has 5 nitrogen and oxygen atoms in total. The maximum absolute atomic E-state index is 11.1. The third-order valence-electron chi connectivity index (χ3n) is 1.54. The van der Waals surface area contributed by atoms with Crippen molar-refractivity contribution in [2.45, 2.75) is 20.3 Å². The molecule has 0 aromatic heterocycles. The number of amides is 2. The molecule has 14 heavy (non-hydrogen) atoms. The Labute approximate surface area is 84.4 Å². The molecule has 0 aliphatic heterocycles. The zero-order chi connectivity index (χ0) is 11.0. The number of carbonyl (C=O) groups excluding carboxylic acids is 2. The molecule has 0 aliphatic rings. The van der Waals surface area contributed by atoms with Crippen LogP contribution in [0.1, 0.15) is 20.3 Å². The summed E-state index contributed by atoms with van der Waals surface area (Å²) in [5.74, 6) is 0.0424. The van der Waals surface area contributed by atoms with E-state index in [0.29, 0.717) is 25.4 Å². The second kappa shape index (κ2) is 7.32. The van der Waals surface area contributed by atoms with Crippen molar-refractivity contribution in [3.05, 3.63) is 0 Å². The minimum atomic E-state index is -0.410. The monoisotopic (exact) mass is 201 g/mol. The highest BCUT2D eigenvalue weighted by molar-refractivity contribution is 5.77. The molecule has 5 heteroatoms. The van der Waals surface area contributed by atoms with Crippen LogP contribution in [0.5, 0.6) is 0 Å². The van der Waals surface area contributed by atoms with Gasteiger partial charge in [-0.2, -0.15) is 0 Å². The summed E-state index contributed by atoms with van der Waals surface area (Å²) >= 11 is 0. The van der Waals surface area contributed by atoms with E-state index in [2.05, 4.69) is 10.6 Å². The predicted octanol–water partition coefficient (Wildman–Crippen LogP) is -0.776. The predicted molar refractivity (Wildman–Crippen MR) is 54.5 cm³/mol. The fraction of sp³-hybridized carbons (Fsp3) is 0.778.